The third kappa shape index (κ3) is 4.25. The van der Waals surface area contributed by atoms with Gasteiger partial charge in [0.15, 0.2) is 0 Å². The summed E-state index contributed by atoms with van der Waals surface area (Å²) in [4.78, 5) is 27.5. The first kappa shape index (κ1) is 21.6. The second kappa shape index (κ2) is 9.24. The zero-order valence-electron chi connectivity index (χ0n) is 17.8. The van der Waals surface area contributed by atoms with Gasteiger partial charge in [0.05, 0.1) is 15.8 Å². The number of nitrogens with one attached hydrogen (secondary N) is 1. The minimum absolute atomic E-state index is 0.170. The van der Waals surface area contributed by atoms with E-state index in [1.807, 2.05) is 44.4 Å². The molecule has 0 aliphatic carbocycles. The summed E-state index contributed by atoms with van der Waals surface area (Å²) >= 11 is 3.28. The molecule has 0 saturated carbocycles. The van der Waals surface area contributed by atoms with Gasteiger partial charge in [-0.2, -0.15) is 5.10 Å². The summed E-state index contributed by atoms with van der Waals surface area (Å²) in [6.45, 7) is 4.33. The topological polar surface area (TPSA) is 64.0 Å². The van der Waals surface area contributed by atoms with Crippen molar-refractivity contribution in [1.82, 2.24) is 15.1 Å². The molecule has 0 aliphatic rings. The van der Waals surface area contributed by atoms with Gasteiger partial charge in [-0.1, -0.05) is 37.3 Å². The van der Waals surface area contributed by atoms with Crippen LogP contribution in [0.1, 0.15) is 30.6 Å². The van der Waals surface area contributed by atoms with Crippen molar-refractivity contribution in [1.29, 1.82) is 0 Å². The SMILES string of the molecule is CC[C@H](C(=O)NCCc1ccc(SC)cc1)n1nc(C)c2sc3ccccc3c2c1=O. The molecule has 0 bridgehead atoms. The third-order valence-electron chi connectivity index (χ3n) is 5.46. The number of nitrogens with zero attached hydrogens (tertiary/aromatic N) is 2. The number of aromatic nitrogens is 2. The van der Waals surface area contributed by atoms with Crippen molar-refractivity contribution in [3.05, 3.63) is 70.1 Å². The maximum absolute atomic E-state index is 13.3. The summed E-state index contributed by atoms with van der Waals surface area (Å²) in [6, 6.07) is 15.6. The zero-order valence-corrected chi connectivity index (χ0v) is 19.5. The second-order valence-corrected chi connectivity index (χ2v) is 9.38. The lowest BCUT2D eigenvalue weighted by Gasteiger charge is -2.17. The highest BCUT2D eigenvalue weighted by Gasteiger charge is 2.24. The summed E-state index contributed by atoms with van der Waals surface area (Å²) in [5.74, 6) is -0.170. The van der Waals surface area contributed by atoms with Gasteiger partial charge >= 0.3 is 0 Å². The second-order valence-electron chi connectivity index (χ2n) is 7.45. The van der Waals surface area contributed by atoms with Gasteiger partial charge in [0.2, 0.25) is 5.91 Å². The summed E-state index contributed by atoms with van der Waals surface area (Å²) in [5.41, 5.74) is 1.74. The third-order valence-corrected chi connectivity index (χ3v) is 7.48. The van der Waals surface area contributed by atoms with Gasteiger partial charge in [-0.05, 0) is 49.8 Å². The first-order valence-corrected chi connectivity index (χ1v) is 12.4. The number of carbonyl (C=O) groups excluding carboxylic acids is 1. The maximum atomic E-state index is 13.3. The Balaban J connectivity index is 1.57. The largest absolute Gasteiger partial charge is 0.354 e. The van der Waals surface area contributed by atoms with Crippen molar-refractivity contribution in [2.24, 2.45) is 0 Å². The number of hydrogen-bond acceptors (Lipinski definition) is 5. The molecule has 2 aromatic carbocycles. The van der Waals surface area contributed by atoms with Crippen molar-refractivity contribution in [3.8, 4) is 0 Å². The quantitative estimate of drug-likeness (QED) is 0.404. The monoisotopic (exact) mass is 451 g/mol. The zero-order chi connectivity index (χ0) is 22.0. The lowest BCUT2D eigenvalue weighted by Crippen LogP contribution is -2.39. The maximum Gasteiger partial charge on any atom is 0.276 e. The molecule has 0 spiro atoms. The van der Waals surface area contributed by atoms with E-state index >= 15 is 0 Å². The van der Waals surface area contributed by atoms with Gasteiger partial charge in [-0.15, -0.1) is 23.1 Å². The fourth-order valence-corrected chi connectivity index (χ4v) is 5.34. The Morgan fingerprint density at radius 2 is 1.94 bits per heavy atom. The first-order valence-electron chi connectivity index (χ1n) is 10.3. The molecule has 0 fully saturated rings. The van der Waals surface area contributed by atoms with Gasteiger partial charge in [-0.3, -0.25) is 9.59 Å². The molecule has 1 atom stereocenters. The molecular weight excluding hydrogens is 426 g/mol. The summed E-state index contributed by atoms with van der Waals surface area (Å²) in [7, 11) is 0. The van der Waals surface area contributed by atoms with Crippen molar-refractivity contribution in [3.63, 3.8) is 0 Å². The van der Waals surface area contributed by atoms with Gasteiger partial charge < -0.3 is 5.32 Å². The van der Waals surface area contributed by atoms with E-state index in [2.05, 4.69) is 34.7 Å². The number of amides is 1. The number of rotatable bonds is 7. The van der Waals surface area contributed by atoms with Gasteiger partial charge in [0.25, 0.3) is 5.56 Å². The Morgan fingerprint density at radius 1 is 1.19 bits per heavy atom. The Kier molecular flexibility index (Phi) is 6.43. The van der Waals surface area contributed by atoms with Crippen molar-refractivity contribution < 1.29 is 4.79 Å². The molecule has 0 radical (unpaired) electrons. The van der Waals surface area contributed by atoms with E-state index in [0.717, 1.165) is 26.9 Å². The highest BCUT2D eigenvalue weighted by atomic mass is 32.2. The molecule has 1 N–H and O–H groups in total. The Bertz CT molecular complexity index is 1290. The van der Waals surface area contributed by atoms with Crippen LogP contribution in [0.2, 0.25) is 0 Å². The molecule has 160 valence electrons. The number of carbonyl (C=O) groups is 1. The molecule has 7 heteroatoms. The number of benzene rings is 2. The lowest BCUT2D eigenvalue weighted by atomic mass is 10.1. The fraction of sp³-hybridized carbons (Fsp3) is 0.292. The van der Waals surface area contributed by atoms with E-state index < -0.39 is 6.04 Å². The highest BCUT2D eigenvalue weighted by Crippen LogP contribution is 2.33. The van der Waals surface area contributed by atoms with Crippen LogP contribution in [0.3, 0.4) is 0 Å². The first-order chi connectivity index (χ1) is 15.0. The molecule has 2 heterocycles. The van der Waals surface area contributed by atoms with Crippen molar-refractivity contribution in [2.75, 3.05) is 12.8 Å². The predicted molar refractivity (Wildman–Crippen MR) is 130 cm³/mol. The number of thiophene rings is 1. The number of fused-ring (bicyclic) bond motifs is 3. The summed E-state index contributed by atoms with van der Waals surface area (Å²) < 4.78 is 3.33. The van der Waals surface area contributed by atoms with Crippen LogP contribution in [0.5, 0.6) is 0 Å². The lowest BCUT2D eigenvalue weighted by molar-refractivity contribution is -0.124. The average Bonchev–Trinajstić information content (AvgIpc) is 3.18. The molecule has 1 amide bonds. The molecule has 4 aromatic rings. The van der Waals surface area contributed by atoms with E-state index in [9.17, 15) is 9.59 Å². The standard InChI is InChI=1S/C24H25N3O2S2/c1-4-19(23(28)25-14-13-16-9-11-17(30-3)12-10-16)27-24(29)21-18-7-5-6-8-20(18)31-22(21)15(2)26-27/h5-12,19H,4,13-14H2,1-3H3,(H,25,28)/t19-/m1/s1. The summed E-state index contributed by atoms with van der Waals surface area (Å²) in [5, 5.41) is 9.11. The van der Waals surface area contributed by atoms with E-state index in [0.29, 0.717) is 18.4 Å². The highest BCUT2D eigenvalue weighted by molar-refractivity contribution is 7.98. The van der Waals surface area contributed by atoms with Crippen LogP contribution in [0.4, 0.5) is 0 Å². The van der Waals surface area contributed by atoms with Crippen molar-refractivity contribution >= 4 is 49.2 Å². The molecule has 0 unspecified atom stereocenters. The average molecular weight is 452 g/mol. The van der Waals surface area contributed by atoms with Crippen LogP contribution in [0, 0.1) is 6.92 Å². The van der Waals surface area contributed by atoms with E-state index in [-0.39, 0.29) is 11.5 Å². The Morgan fingerprint density at radius 3 is 2.65 bits per heavy atom. The van der Waals surface area contributed by atoms with Crippen LogP contribution in [0.15, 0.2) is 58.2 Å². The van der Waals surface area contributed by atoms with Crippen molar-refractivity contribution in [2.45, 2.75) is 37.6 Å². The molecule has 2 aromatic heterocycles. The van der Waals surface area contributed by atoms with Crippen LogP contribution in [-0.2, 0) is 11.2 Å². The van der Waals surface area contributed by atoms with E-state index in [1.165, 1.54) is 15.1 Å². The number of hydrogen-bond donors (Lipinski definition) is 1. The van der Waals surface area contributed by atoms with Gasteiger partial charge in [0, 0.05) is 21.5 Å². The summed E-state index contributed by atoms with van der Waals surface area (Å²) in [6.07, 6.45) is 3.29. The number of aryl methyl sites for hydroxylation is 1. The van der Waals surface area contributed by atoms with Gasteiger partial charge in [-0.25, -0.2) is 4.68 Å². The molecular formula is C24H25N3O2S2. The fourth-order valence-electron chi connectivity index (χ4n) is 3.80. The molecule has 5 nitrogen and oxygen atoms in total. The van der Waals surface area contributed by atoms with E-state index in [4.69, 9.17) is 0 Å². The normalized spacial score (nSPS) is 12.4. The predicted octanol–water partition coefficient (Wildman–Crippen LogP) is 4.95. The van der Waals surface area contributed by atoms with Gasteiger partial charge in [0.1, 0.15) is 6.04 Å². The van der Waals surface area contributed by atoms with Crippen LogP contribution in [0.25, 0.3) is 20.2 Å². The molecule has 0 saturated heterocycles. The molecule has 31 heavy (non-hydrogen) atoms. The molecule has 4 rings (SSSR count). The van der Waals surface area contributed by atoms with Crippen LogP contribution >= 0.6 is 23.1 Å². The smallest absolute Gasteiger partial charge is 0.276 e. The number of thioether (sulfide) groups is 1. The minimum Gasteiger partial charge on any atom is -0.354 e. The van der Waals surface area contributed by atoms with Crippen LogP contribution in [-0.4, -0.2) is 28.5 Å². The minimum atomic E-state index is -0.631. The Labute approximate surface area is 189 Å². The molecule has 0 aliphatic heterocycles. The van der Waals surface area contributed by atoms with Crippen LogP contribution < -0.4 is 10.9 Å². The Hall–Kier alpha value is -2.64. The van der Waals surface area contributed by atoms with E-state index in [1.54, 1.807) is 23.1 Å².